The fraction of sp³-hybridized carbons (Fsp3) is 0.250. The summed E-state index contributed by atoms with van der Waals surface area (Å²) in [7, 11) is 1.63. The number of aromatic hydroxyl groups is 1. The van der Waals surface area contributed by atoms with Crippen LogP contribution in [0.2, 0.25) is 0 Å². The molecule has 5 nitrogen and oxygen atoms in total. The van der Waals surface area contributed by atoms with Gasteiger partial charge in [-0.3, -0.25) is 4.79 Å². The van der Waals surface area contributed by atoms with E-state index < -0.39 is 0 Å². The molecule has 4 rings (SSSR count). The van der Waals surface area contributed by atoms with Gasteiger partial charge in [-0.1, -0.05) is 12.1 Å². The first-order valence-electron chi connectivity index (χ1n) is 8.40. The molecule has 3 aromatic rings. The Morgan fingerprint density at radius 1 is 1.36 bits per heavy atom. The van der Waals surface area contributed by atoms with Crippen molar-refractivity contribution >= 4 is 16.8 Å². The number of rotatable bonds is 4. The zero-order valence-electron chi connectivity index (χ0n) is 14.0. The van der Waals surface area contributed by atoms with Crippen molar-refractivity contribution < 1.29 is 14.6 Å². The fourth-order valence-corrected chi connectivity index (χ4v) is 3.63. The second-order valence-electron chi connectivity index (χ2n) is 6.41. The molecule has 1 aliphatic rings. The van der Waals surface area contributed by atoms with Crippen LogP contribution in [0.4, 0.5) is 0 Å². The van der Waals surface area contributed by atoms with Gasteiger partial charge in [0.2, 0.25) is 5.91 Å². The Labute approximate surface area is 145 Å². The van der Waals surface area contributed by atoms with Crippen LogP contribution in [-0.2, 0) is 17.6 Å². The maximum Gasteiger partial charge on any atom is 0.224 e. The number of amides is 1. The van der Waals surface area contributed by atoms with Gasteiger partial charge in [0, 0.05) is 17.1 Å². The Bertz CT molecular complexity index is 945. The summed E-state index contributed by atoms with van der Waals surface area (Å²) in [6.45, 7) is 0. The standard InChI is InChI=1S/C20H20N2O3/c1-25-13-5-7-17-16(10-13)12(11-21-17)9-20(24)22-18-8-6-15-14(18)3-2-4-19(15)23/h2-5,7,10-11,18,21,23H,6,8-9H2,1H3,(H,22,24)/t18-/m0/s1. The summed E-state index contributed by atoms with van der Waals surface area (Å²) in [6, 6.07) is 11.2. The molecule has 0 radical (unpaired) electrons. The normalized spacial score (nSPS) is 16.0. The van der Waals surface area contributed by atoms with E-state index in [-0.39, 0.29) is 11.9 Å². The molecule has 1 heterocycles. The van der Waals surface area contributed by atoms with Gasteiger partial charge in [-0.05, 0) is 53.8 Å². The number of ether oxygens (including phenoxy) is 1. The number of carbonyl (C=O) groups is 1. The molecule has 25 heavy (non-hydrogen) atoms. The van der Waals surface area contributed by atoms with Gasteiger partial charge < -0.3 is 20.1 Å². The van der Waals surface area contributed by atoms with Crippen molar-refractivity contribution in [2.75, 3.05) is 7.11 Å². The van der Waals surface area contributed by atoms with Crippen LogP contribution in [0.1, 0.15) is 29.2 Å². The zero-order chi connectivity index (χ0) is 17.4. The number of aromatic nitrogens is 1. The quantitative estimate of drug-likeness (QED) is 0.685. The Balaban J connectivity index is 1.52. The number of hydrogen-bond donors (Lipinski definition) is 3. The maximum atomic E-state index is 12.5. The molecule has 0 aliphatic heterocycles. The molecule has 0 bridgehead atoms. The number of fused-ring (bicyclic) bond motifs is 2. The maximum absolute atomic E-state index is 12.5. The molecule has 3 N–H and O–H groups in total. The molecule has 1 atom stereocenters. The van der Waals surface area contributed by atoms with E-state index in [0.717, 1.165) is 46.2 Å². The third-order valence-corrected chi connectivity index (χ3v) is 4.91. The van der Waals surface area contributed by atoms with Crippen LogP contribution in [-0.4, -0.2) is 23.1 Å². The summed E-state index contributed by atoms with van der Waals surface area (Å²) in [4.78, 5) is 15.7. The largest absolute Gasteiger partial charge is 0.508 e. The number of nitrogens with one attached hydrogen (secondary N) is 2. The van der Waals surface area contributed by atoms with Crippen LogP contribution in [0.5, 0.6) is 11.5 Å². The predicted octanol–water partition coefficient (Wildman–Crippen LogP) is 3.23. The average molecular weight is 336 g/mol. The van der Waals surface area contributed by atoms with Gasteiger partial charge in [0.15, 0.2) is 0 Å². The fourth-order valence-electron chi connectivity index (χ4n) is 3.63. The smallest absolute Gasteiger partial charge is 0.224 e. The molecule has 5 heteroatoms. The molecular weight excluding hydrogens is 316 g/mol. The van der Waals surface area contributed by atoms with Crippen LogP contribution in [0.15, 0.2) is 42.6 Å². The first-order valence-corrected chi connectivity index (χ1v) is 8.40. The molecular formula is C20H20N2O3. The number of phenolic OH excluding ortho intramolecular Hbond substituents is 1. The van der Waals surface area contributed by atoms with Crippen molar-refractivity contribution in [3.63, 3.8) is 0 Å². The highest BCUT2D eigenvalue weighted by Crippen LogP contribution is 2.36. The predicted molar refractivity (Wildman–Crippen MR) is 95.9 cm³/mol. The SMILES string of the molecule is COc1ccc2[nH]cc(CC(=O)N[C@H]3CCc4c(O)cccc43)c2c1. The summed E-state index contributed by atoms with van der Waals surface area (Å²) in [6.07, 6.45) is 3.79. The lowest BCUT2D eigenvalue weighted by atomic mass is 10.1. The Morgan fingerprint density at radius 2 is 2.24 bits per heavy atom. The molecule has 0 unspecified atom stereocenters. The summed E-state index contributed by atoms with van der Waals surface area (Å²) >= 11 is 0. The van der Waals surface area contributed by atoms with E-state index >= 15 is 0 Å². The number of hydrogen-bond acceptors (Lipinski definition) is 3. The number of methoxy groups -OCH3 is 1. The zero-order valence-corrected chi connectivity index (χ0v) is 14.0. The van der Waals surface area contributed by atoms with Gasteiger partial charge in [0.25, 0.3) is 0 Å². The molecule has 128 valence electrons. The summed E-state index contributed by atoms with van der Waals surface area (Å²) in [5, 5.41) is 14.0. The molecule has 0 fully saturated rings. The highest BCUT2D eigenvalue weighted by molar-refractivity contribution is 5.90. The van der Waals surface area contributed by atoms with Crippen molar-refractivity contribution in [2.45, 2.75) is 25.3 Å². The molecule has 2 aromatic carbocycles. The summed E-state index contributed by atoms with van der Waals surface area (Å²) in [5.41, 5.74) is 3.90. The van der Waals surface area contributed by atoms with Crippen LogP contribution in [0, 0.1) is 0 Å². The van der Waals surface area contributed by atoms with Crippen molar-refractivity contribution in [2.24, 2.45) is 0 Å². The van der Waals surface area contributed by atoms with E-state index in [1.807, 2.05) is 36.5 Å². The number of carbonyl (C=O) groups excluding carboxylic acids is 1. The third-order valence-electron chi connectivity index (χ3n) is 4.91. The minimum atomic E-state index is -0.0330. The molecule has 0 saturated carbocycles. The van der Waals surface area contributed by atoms with E-state index in [1.165, 1.54) is 0 Å². The molecule has 0 saturated heterocycles. The number of aromatic amines is 1. The minimum absolute atomic E-state index is 0.0232. The molecule has 0 spiro atoms. The Hall–Kier alpha value is -2.95. The first kappa shape index (κ1) is 15.6. The van der Waals surface area contributed by atoms with E-state index in [9.17, 15) is 9.90 Å². The van der Waals surface area contributed by atoms with Gasteiger partial charge >= 0.3 is 0 Å². The third kappa shape index (κ3) is 2.82. The molecule has 1 aliphatic carbocycles. The van der Waals surface area contributed by atoms with Crippen molar-refractivity contribution in [3.05, 3.63) is 59.3 Å². The monoisotopic (exact) mass is 336 g/mol. The summed E-state index contributed by atoms with van der Waals surface area (Å²) < 4.78 is 5.27. The lowest BCUT2D eigenvalue weighted by Gasteiger charge is -2.14. The van der Waals surface area contributed by atoms with Gasteiger partial charge in [-0.2, -0.15) is 0 Å². The van der Waals surface area contributed by atoms with Crippen molar-refractivity contribution in [3.8, 4) is 11.5 Å². The van der Waals surface area contributed by atoms with E-state index in [2.05, 4.69) is 10.3 Å². The van der Waals surface area contributed by atoms with Gasteiger partial charge in [0.05, 0.1) is 19.6 Å². The lowest BCUT2D eigenvalue weighted by molar-refractivity contribution is -0.121. The number of benzene rings is 2. The van der Waals surface area contributed by atoms with Gasteiger partial charge in [0.1, 0.15) is 11.5 Å². The van der Waals surface area contributed by atoms with E-state index in [0.29, 0.717) is 12.2 Å². The van der Waals surface area contributed by atoms with Crippen LogP contribution in [0.25, 0.3) is 10.9 Å². The molecule has 1 amide bonds. The minimum Gasteiger partial charge on any atom is -0.508 e. The molecule has 1 aromatic heterocycles. The van der Waals surface area contributed by atoms with E-state index in [4.69, 9.17) is 4.74 Å². The number of phenols is 1. The van der Waals surface area contributed by atoms with Crippen LogP contribution in [0.3, 0.4) is 0 Å². The second kappa shape index (κ2) is 6.16. The van der Waals surface area contributed by atoms with Gasteiger partial charge in [-0.15, -0.1) is 0 Å². The van der Waals surface area contributed by atoms with E-state index in [1.54, 1.807) is 13.2 Å². The lowest BCUT2D eigenvalue weighted by Crippen LogP contribution is -2.28. The Kier molecular flexibility index (Phi) is 3.84. The van der Waals surface area contributed by atoms with Crippen molar-refractivity contribution in [1.82, 2.24) is 10.3 Å². The second-order valence-corrected chi connectivity index (χ2v) is 6.41. The average Bonchev–Trinajstić information content (AvgIpc) is 3.20. The number of H-pyrrole nitrogens is 1. The van der Waals surface area contributed by atoms with Crippen LogP contribution < -0.4 is 10.1 Å². The Morgan fingerprint density at radius 3 is 3.08 bits per heavy atom. The first-order chi connectivity index (χ1) is 12.2. The van der Waals surface area contributed by atoms with Gasteiger partial charge in [-0.25, -0.2) is 0 Å². The summed E-state index contributed by atoms with van der Waals surface area (Å²) in [5.74, 6) is 1.07. The topological polar surface area (TPSA) is 74.4 Å². The van der Waals surface area contributed by atoms with Crippen molar-refractivity contribution in [1.29, 1.82) is 0 Å². The van der Waals surface area contributed by atoms with Crippen LogP contribution >= 0.6 is 0 Å². The highest BCUT2D eigenvalue weighted by atomic mass is 16.5. The highest BCUT2D eigenvalue weighted by Gasteiger charge is 2.26.